The molecule has 0 spiro atoms. The van der Waals surface area contributed by atoms with Crippen molar-refractivity contribution >= 4 is 8.80 Å². The molecule has 0 bridgehead atoms. The summed E-state index contributed by atoms with van der Waals surface area (Å²) in [5, 5.41) is 0. The van der Waals surface area contributed by atoms with Gasteiger partial charge in [0.2, 0.25) is 0 Å². The molecule has 0 amide bonds. The van der Waals surface area contributed by atoms with E-state index in [4.69, 9.17) is 18.0 Å². The van der Waals surface area contributed by atoms with Crippen LogP contribution in [0.1, 0.15) is 6.42 Å². The second-order valence-corrected chi connectivity index (χ2v) is 6.95. The van der Waals surface area contributed by atoms with Crippen LogP contribution in [0.4, 0.5) is 0 Å². The smallest absolute Gasteiger partial charge is 0.377 e. The van der Waals surface area contributed by atoms with Gasteiger partial charge in [0.05, 0.1) is 26.4 Å². The van der Waals surface area contributed by atoms with E-state index in [0.717, 1.165) is 19.0 Å². The Kier molecular flexibility index (Phi) is 6.48. The van der Waals surface area contributed by atoms with Crippen molar-refractivity contribution in [2.24, 2.45) is 0 Å². The molecule has 0 N–H and O–H groups in total. The van der Waals surface area contributed by atoms with Gasteiger partial charge in [-0.25, -0.2) is 0 Å². The Morgan fingerprint density at radius 1 is 1.12 bits per heavy atom. The standard InChI is InChI=1S/C10H23NO4Si/c1-11(2)5-4-10-16(12-3)14-8-6-13-7-9-15-16/h4-10H2,1-3H3. The molecule has 1 rings (SSSR count). The van der Waals surface area contributed by atoms with E-state index in [1.807, 2.05) is 0 Å². The van der Waals surface area contributed by atoms with Crippen molar-refractivity contribution in [3.05, 3.63) is 0 Å². The molecule has 0 aromatic heterocycles. The third-order valence-electron chi connectivity index (χ3n) is 2.50. The van der Waals surface area contributed by atoms with E-state index in [2.05, 4.69) is 19.0 Å². The Hall–Kier alpha value is 0.0169. The minimum Gasteiger partial charge on any atom is -0.377 e. The van der Waals surface area contributed by atoms with Crippen LogP contribution in [0.5, 0.6) is 0 Å². The Labute approximate surface area is 99.0 Å². The molecule has 0 aliphatic carbocycles. The van der Waals surface area contributed by atoms with E-state index in [1.165, 1.54) is 0 Å². The van der Waals surface area contributed by atoms with Crippen molar-refractivity contribution in [2.75, 3.05) is 54.2 Å². The summed E-state index contributed by atoms with van der Waals surface area (Å²) in [6.45, 7) is 3.44. The van der Waals surface area contributed by atoms with Gasteiger partial charge in [0.1, 0.15) is 0 Å². The molecular formula is C10H23NO4Si. The highest BCUT2D eigenvalue weighted by Crippen LogP contribution is 2.18. The fourth-order valence-corrected chi connectivity index (χ4v) is 3.82. The van der Waals surface area contributed by atoms with Gasteiger partial charge in [0, 0.05) is 13.2 Å². The molecule has 0 radical (unpaired) electrons. The zero-order valence-electron chi connectivity index (χ0n) is 10.5. The molecule has 5 nitrogen and oxygen atoms in total. The Morgan fingerprint density at radius 3 is 2.25 bits per heavy atom. The lowest BCUT2D eigenvalue weighted by atomic mass is 10.5. The van der Waals surface area contributed by atoms with Gasteiger partial charge in [0.15, 0.2) is 0 Å². The van der Waals surface area contributed by atoms with Crippen molar-refractivity contribution in [1.29, 1.82) is 0 Å². The summed E-state index contributed by atoms with van der Waals surface area (Å²) in [5.74, 6) is 0. The lowest BCUT2D eigenvalue weighted by Gasteiger charge is -2.30. The molecule has 1 fully saturated rings. The quantitative estimate of drug-likeness (QED) is 0.667. The molecule has 0 atom stereocenters. The third-order valence-corrected chi connectivity index (χ3v) is 5.37. The molecule has 1 saturated heterocycles. The van der Waals surface area contributed by atoms with E-state index in [9.17, 15) is 0 Å². The minimum absolute atomic E-state index is 0.571. The molecule has 1 aliphatic heterocycles. The molecule has 0 unspecified atom stereocenters. The highest BCUT2D eigenvalue weighted by Gasteiger charge is 2.40. The average molecular weight is 249 g/mol. The molecule has 0 aromatic carbocycles. The van der Waals surface area contributed by atoms with Crippen LogP contribution >= 0.6 is 0 Å². The van der Waals surface area contributed by atoms with Crippen molar-refractivity contribution in [1.82, 2.24) is 4.90 Å². The first kappa shape index (κ1) is 14.1. The first-order valence-electron chi connectivity index (χ1n) is 5.74. The van der Waals surface area contributed by atoms with Gasteiger partial charge in [-0.1, -0.05) is 0 Å². The summed E-state index contributed by atoms with van der Waals surface area (Å²) in [6, 6.07) is 0.877. The van der Waals surface area contributed by atoms with Gasteiger partial charge in [-0.2, -0.15) is 0 Å². The van der Waals surface area contributed by atoms with E-state index in [0.29, 0.717) is 26.4 Å². The van der Waals surface area contributed by atoms with Gasteiger partial charge in [-0.05, 0) is 27.1 Å². The van der Waals surface area contributed by atoms with Crippen molar-refractivity contribution in [3.8, 4) is 0 Å². The molecule has 16 heavy (non-hydrogen) atoms. The van der Waals surface area contributed by atoms with Gasteiger partial charge >= 0.3 is 8.80 Å². The molecule has 96 valence electrons. The van der Waals surface area contributed by atoms with E-state index in [1.54, 1.807) is 7.11 Å². The summed E-state index contributed by atoms with van der Waals surface area (Å²) >= 11 is 0. The highest BCUT2D eigenvalue weighted by molar-refractivity contribution is 6.60. The monoisotopic (exact) mass is 249 g/mol. The second kappa shape index (κ2) is 7.36. The zero-order valence-corrected chi connectivity index (χ0v) is 11.5. The van der Waals surface area contributed by atoms with Gasteiger partial charge in [-0.15, -0.1) is 0 Å². The van der Waals surface area contributed by atoms with Crippen LogP contribution in [0, 0.1) is 0 Å². The first-order chi connectivity index (χ1) is 7.68. The number of hydrogen-bond acceptors (Lipinski definition) is 5. The van der Waals surface area contributed by atoms with Crippen LogP contribution in [0.2, 0.25) is 6.04 Å². The molecule has 0 saturated carbocycles. The maximum absolute atomic E-state index is 5.75. The number of rotatable bonds is 5. The SMILES string of the molecule is CO[Si]1(CCCN(C)C)OCCOCCO1. The largest absolute Gasteiger partial charge is 0.500 e. The molecule has 1 heterocycles. The normalized spacial score (nSPS) is 21.8. The molecule has 1 aliphatic rings. The summed E-state index contributed by atoms with van der Waals surface area (Å²) in [4.78, 5) is 2.16. The Balaban J connectivity index is 2.39. The van der Waals surface area contributed by atoms with Crippen LogP contribution < -0.4 is 0 Å². The highest BCUT2D eigenvalue weighted by atomic mass is 28.4. The van der Waals surface area contributed by atoms with Crippen molar-refractivity contribution in [3.63, 3.8) is 0 Å². The van der Waals surface area contributed by atoms with Crippen LogP contribution in [0.15, 0.2) is 0 Å². The van der Waals surface area contributed by atoms with Crippen LogP contribution in [0.25, 0.3) is 0 Å². The number of hydrogen-bond donors (Lipinski definition) is 0. The number of ether oxygens (including phenoxy) is 1. The van der Waals surface area contributed by atoms with Crippen molar-refractivity contribution in [2.45, 2.75) is 12.5 Å². The van der Waals surface area contributed by atoms with Gasteiger partial charge in [0.25, 0.3) is 0 Å². The first-order valence-corrected chi connectivity index (χ1v) is 7.67. The fourth-order valence-electron chi connectivity index (χ4n) is 1.63. The van der Waals surface area contributed by atoms with E-state index < -0.39 is 8.80 Å². The summed E-state index contributed by atoms with van der Waals surface area (Å²) in [6.07, 6.45) is 1.04. The minimum atomic E-state index is -2.41. The summed E-state index contributed by atoms with van der Waals surface area (Å²) in [5.41, 5.74) is 0. The topological polar surface area (TPSA) is 40.2 Å². The van der Waals surface area contributed by atoms with Crippen LogP contribution in [-0.4, -0.2) is 67.9 Å². The van der Waals surface area contributed by atoms with Crippen LogP contribution in [0.3, 0.4) is 0 Å². The third kappa shape index (κ3) is 4.90. The maximum Gasteiger partial charge on any atom is 0.500 e. The van der Waals surface area contributed by atoms with E-state index in [-0.39, 0.29) is 0 Å². The number of nitrogens with zero attached hydrogens (tertiary/aromatic N) is 1. The summed E-state index contributed by atoms with van der Waals surface area (Å²) < 4.78 is 22.3. The molecule has 6 heteroatoms. The van der Waals surface area contributed by atoms with Crippen molar-refractivity contribution < 1.29 is 18.0 Å². The lowest BCUT2D eigenvalue weighted by Crippen LogP contribution is -2.47. The second-order valence-electron chi connectivity index (χ2n) is 4.10. The predicted octanol–water partition coefficient (Wildman–Crippen LogP) is 0.587. The predicted molar refractivity (Wildman–Crippen MR) is 63.5 cm³/mol. The lowest BCUT2D eigenvalue weighted by molar-refractivity contribution is -0.00970. The molecular weight excluding hydrogens is 226 g/mol. The van der Waals surface area contributed by atoms with Gasteiger partial charge in [-0.3, -0.25) is 0 Å². The van der Waals surface area contributed by atoms with Crippen LogP contribution in [-0.2, 0) is 18.0 Å². The summed E-state index contributed by atoms with van der Waals surface area (Å²) in [7, 11) is 3.40. The maximum atomic E-state index is 5.75. The fraction of sp³-hybridized carbons (Fsp3) is 1.00. The Morgan fingerprint density at radius 2 is 1.75 bits per heavy atom. The Bertz CT molecular complexity index is 184. The zero-order chi connectivity index (χ0) is 11.9. The molecule has 0 aromatic rings. The van der Waals surface area contributed by atoms with E-state index >= 15 is 0 Å². The van der Waals surface area contributed by atoms with Gasteiger partial charge < -0.3 is 22.9 Å². The average Bonchev–Trinajstić information content (AvgIpc) is 2.21.